The van der Waals surface area contributed by atoms with E-state index in [1.54, 1.807) is 6.07 Å². The van der Waals surface area contributed by atoms with Crippen LogP contribution in [0.5, 0.6) is 0 Å². The lowest BCUT2D eigenvalue weighted by Gasteiger charge is -2.31. The molecule has 1 amide bonds. The van der Waals surface area contributed by atoms with Crippen LogP contribution in [0.15, 0.2) is 18.2 Å². The molecule has 4 nitrogen and oxygen atoms in total. The molecule has 0 aromatic carbocycles. The zero-order chi connectivity index (χ0) is 14.4. The Hall–Kier alpha value is -1.58. The lowest BCUT2D eigenvalue weighted by atomic mass is 9.83. The number of nitrogens with one attached hydrogen (secondary N) is 2. The summed E-state index contributed by atoms with van der Waals surface area (Å²) in [5.74, 6) is 1.33. The lowest BCUT2D eigenvalue weighted by molar-refractivity contribution is 0.0900. The Labute approximate surface area is 121 Å². The third-order valence-corrected chi connectivity index (χ3v) is 4.09. The van der Waals surface area contributed by atoms with Crippen molar-refractivity contribution in [3.63, 3.8) is 0 Å². The molecule has 0 spiro atoms. The predicted molar refractivity (Wildman–Crippen MR) is 81.9 cm³/mol. The van der Waals surface area contributed by atoms with E-state index in [9.17, 15) is 4.79 Å². The number of carbonyl (C=O) groups is 1. The largest absolute Gasteiger partial charge is 0.370 e. The van der Waals surface area contributed by atoms with Crippen LogP contribution in [0.25, 0.3) is 0 Å². The van der Waals surface area contributed by atoms with Crippen LogP contribution in [0.4, 0.5) is 5.82 Å². The number of rotatable bonds is 5. The lowest BCUT2D eigenvalue weighted by Crippen LogP contribution is -2.42. The van der Waals surface area contributed by atoms with Gasteiger partial charge in [-0.25, -0.2) is 4.98 Å². The molecule has 1 aromatic heterocycles. The first-order valence-electron chi connectivity index (χ1n) is 7.76. The van der Waals surface area contributed by atoms with Crippen molar-refractivity contribution in [2.24, 2.45) is 5.92 Å². The van der Waals surface area contributed by atoms with Gasteiger partial charge in [-0.3, -0.25) is 4.79 Å². The Morgan fingerprint density at radius 2 is 2.10 bits per heavy atom. The van der Waals surface area contributed by atoms with Gasteiger partial charge in [-0.2, -0.15) is 0 Å². The van der Waals surface area contributed by atoms with Crippen LogP contribution in [0.1, 0.15) is 56.4 Å². The number of aromatic nitrogens is 1. The van der Waals surface area contributed by atoms with E-state index in [4.69, 9.17) is 0 Å². The van der Waals surface area contributed by atoms with Crippen LogP contribution in [0.2, 0.25) is 0 Å². The van der Waals surface area contributed by atoms with Gasteiger partial charge in [-0.05, 0) is 37.8 Å². The zero-order valence-electron chi connectivity index (χ0n) is 12.5. The van der Waals surface area contributed by atoms with Crippen molar-refractivity contribution < 1.29 is 4.79 Å². The molecule has 1 aliphatic rings. The highest BCUT2D eigenvalue weighted by Crippen LogP contribution is 2.26. The first-order valence-corrected chi connectivity index (χ1v) is 7.76. The van der Waals surface area contributed by atoms with E-state index in [-0.39, 0.29) is 5.91 Å². The molecule has 1 saturated carbocycles. The minimum atomic E-state index is -0.0462. The smallest absolute Gasteiger partial charge is 0.270 e. The Morgan fingerprint density at radius 1 is 1.30 bits per heavy atom. The second-order valence-electron chi connectivity index (χ2n) is 5.47. The van der Waals surface area contributed by atoms with E-state index in [0.29, 0.717) is 17.7 Å². The van der Waals surface area contributed by atoms with Crippen molar-refractivity contribution >= 4 is 11.7 Å². The van der Waals surface area contributed by atoms with Gasteiger partial charge in [0.15, 0.2) is 0 Å². The number of anilines is 1. The molecule has 4 heteroatoms. The van der Waals surface area contributed by atoms with E-state index in [0.717, 1.165) is 25.2 Å². The third-order valence-electron chi connectivity index (χ3n) is 4.09. The summed E-state index contributed by atoms with van der Waals surface area (Å²) in [5, 5.41) is 6.31. The Balaban J connectivity index is 2.01. The summed E-state index contributed by atoms with van der Waals surface area (Å²) in [6.45, 7) is 5.03. The van der Waals surface area contributed by atoms with Crippen LogP contribution >= 0.6 is 0 Å². The molecule has 1 aromatic rings. The average Bonchev–Trinajstić information content (AvgIpc) is 2.48. The minimum absolute atomic E-state index is 0.0462. The molecule has 2 rings (SSSR count). The van der Waals surface area contributed by atoms with Crippen LogP contribution in [0, 0.1) is 5.92 Å². The highest BCUT2D eigenvalue weighted by atomic mass is 16.1. The molecule has 20 heavy (non-hydrogen) atoms. The molecule has 2 atom stereocenters. The molecule has 0 radical (unpaired) electrons. The maximum Gasteiger partial charge on any atom is 0.270 e. The van der Waals surface area contributed by atoms with Crippen molar-refractivity contribution in [1.29, 1.82) is 0 Å². The molecular weight excluding hydrogens is 250 g/mol. The maximum atomic E-state index is 12.3. The minimum Gasteiger partial charge on any atom is -0.370 e. The molecule has 110 valence electrons. The standard InChI is InChI=1S/C16H25N3O/c1-3-12-8-5-6-9-13(12)19-16(20)14-10-7-11-15(18-14)17-4-2/h7,10-13H,3-6,8-9H2,1-2H3,(H,17,18)(H,19,20). The number of hydrogen-bond acceptors (Lipinski definition) is 3. The summed E-state index contributed by atoms with van der Waals surface area (Å²) < 4.78 is 0. The Bertz CT molecular complexity index is 447. The van der Waals surface area contributed by atoms with Gasteiger partial charge < -0.3 is 10.6 Å². The quantitative estimate of drug-likeness (QED) is 0.867. The topological polar surface area (TPSA) is 54.0 Å². The van der Waals surface area contributed by atoms with Crippen molar-refractivity contribution in [2.45, 2.75) is 52.0 Å². The normalized spacial score (nSPS) is 22.3. The summed E-state index contributed by atoms with van der Waals surface area (Å²) in [6.07, 6.45) is 5.96. The fourth-order valence-electron chi connectivity index (χ4n) is 2.97. The molecule has 0 aliphatic heterocycles. The highest BCUT2D eigenvalue weighted by Gasteiger charge is 2.25. The molecule has 2 N–H and O–H groups in total. The Morgan fingerprint density at radius 3 is 2.85 bits per heavy atom. The van der Waals surface area contributed by atoms with Crippen LogP contribution in [-0.2, 0) is 0 Å². The van der Waals surface area contributed by atoms with Gasteiger partial charge in [-0.15, -0.1) is 0 Å². The number of amides is 1. The van der Waals surface area contributed by atoms with Gasteiger partial charge in [0.1, 0.15) is 11.5 Å². The van der Waals surface area contributed by atoms with Crippen LogP contribution in [-0.4, -0.2) is 23.5 Å². The summed E-state index contributed by atoms with van der Waals surface area (Å²) in [4.78, 5) is 16.7. The number of hydrogen-bond donors (Lipinski definition) is 2. The van der Waals surface area contributed by atoms with Gasteiger partial charge in [0.2, 0.25) is 0 Å². The van der Waals surface area contributed by atoms with Crippen molar-refractivity contribution in [1.82, 2.24) is 10.3 Å². The first-order chi connectivity index (χ1) is 9.74. The molecule has 0 bridgehead atoms. The average molecular weight is 275 g/mol. The van der Waals surface area contributed by atoms with Crippen molar-refractivity contribution in [3.05, 3.63) is 23.9 Å². The molecule has 1 heterocycles. The number of nitrogens with zero attached hydrogens (tertiary/aromatic N) is 1. The summed E-state index contributed by atoms with van der Waals surface area (Å²) in [7, 11) is 0. The van der Waals surface area contributed by atoms with Crippen molar-refractivity contribution in [3.8, 4) is 0 Å². The monoisotopic (exact) mass is 275 g/mol. The van der Waals surface area contributed by atoms with Crippen LogP contribution in [0.3, 0.4) is 0 Å². The van der Waals surface area contributed by atoms with Crippen molar-refractivity contribution in [2.75, 3.05) is 11.9 Å². The van der Waals surface area contributed by atoms with E-state index < -0.39 is 0 Å². The van der Waals surface area contributed by atoms with Gasteiger partial charge in [0, 0.05) is 12.6 Å². The van der Waals surface area contributed by atoms with Gasteiger partial charge in [0.25, 0.3) is 5.91 Å². The second-order valence-corrected chi connectivity index (χ2v) is 5.47. The van der Waals surface area contributed by atoms with E-state index >= 15 is 0 Å². The van der Waals surface area contributed by atoms with Gasteiger partial charge in [-0.1, -0.05) is 32.3 Å². The fourth-order valence-corrected chi connectivity index (χ4v) is 2.97. The fraction of sp³-hybridized carbons (Fsp3) is 0.625. The second kappa shape index (κ2) is 7.27. The van der Waals surface area contributed by atoms with Gasteiger partial charge >= 0.3 is 0 Å². The molecular formula is C16H25N3O. The summed E-state index contributed by atoms with van der Waals surface area (Å²) in [6, 6.07) is 5.85. The van der Waals surface area contributed by atoms with Crippen LogP contribution < -0.4 is 10.6 Å². The van der Waals surface area contributed by atoms with E-state index in [1.165, 1.54) is 19.3 Å². The van der Waals surface area contributed by atoms with E-state index in [1.807, 2.05) is 19.1 Å². The zero-order valence-corrected chi connectivity index (χ0v) is 12.5. The predicted octanol–water partition coefficient (Wildman–Crippen LogP) is 3.21. The molecule has 1 fully saturated rings. The first kappa shape index (κ1) is 14.8. The molecule has 2 unspecified atom stereocenters. The molecule has 1 aliphatic carbocycles. The van der Waals surface area contributed by atoms with Gasteiger partial charge in [0.05, 0.1) is 0 Å². The SMILES string of the molecule is CCNc1cccc(C(=O)NC2CCCCC2CC)n1. The summed E-state index contributed by atoms with van der Waals surface area (Å²) >= 11 is 0. The highest BCUT2D eigenvalue weighted by molar-refractivity contribution is 5.92. The Kier molecular flexibility index (Phi) is 5.39. The summed E-state index contributed by atoms with van der Waals surface area (Å²) in [5.41, 5.74) is 0.504. The number of pyridine rings is 1. The maximum absolute atomic E-state index is 12.3. The van der Waals surface area contributed by atoms with E-state index in [2.05, 4.69) is 22.5 Å². The third kappa shape index (κ3) is 3.71. The molecule has 0 saturated heterocycles. The number of carbonyl (C=O) groups excluding carboxylic acids is 1.